The summed E-state index contributed by atoms with van der Waals surface area (Å²) >= 11 is 1.05. The van der Waals surface area contributed by atoms with Gasteiger partial charge in [0.15, 0.2) is 0 Å². The molecular formula is C4H4N2OS. The van der Waals surface area contributed by atoms with Crippen LogP contribution in [0.4, 0.5) is 5.82 Å². The third-order valence-corrected chi connectivity index (χ3v) is 1.31. The molecule has 0 saturated heterocycles. The number of hydrogen-bond donors (Lipinski definition) is 1. The molecule has 42 valence electrons. The number of aromatic nitrogens is 1. The third kappa shape index (κ3) is 1.04. The Morgan fingerprint density at radius 3 is 2.88 bits per heavy atom. The highest BCUT2D eigenvalue weighted by Crippen LogP contribution is 1.91. The van der Waals surface area contributed by atoms with E-state index in [1.165, 1.54) is 11.6 Å². The van der Waals surface area contributed by atoms with Crippen molar-refractivity contribution in [2.75, 3.05) is 5.73 Å². The Labute approximate surface area is 49.8 Å². The van der Waals surface area contributed by atoms with Crippen LogP contribution in [0.2, 0.25) is 0 Å². The Balaban J connectivity index is 3.22. The van der Waals surface area contributed by atoms with E-state index in [1.807, 2.05) is 0 Å². The largest absolute Gasteiger partial charge is 0.383 e. The van der Waals surface area contributed by atoms with Crippen molar-refractivity contribution in [3.63, 3.8) is 0 Å². The fourth-order valence-corrected chi connectivity index (χ4v) is 0.718. The number of nitrogens with zero attached hydrogens (tertiary/aromatic N) is 1. The minimum Gasteiger partial charge on any atom is -0.383 e. The minimum absolute atomic E-state index is 0.0702. The molecule has 0 saturated carbocycles. The first-order chi connectivity index (χ1) is 3.79. The van der Waals surface area contributed by atoms with Crippen LogP contribution in [0.25, 0.3) is 0 Å². The summed E-state index contributed by atoms with van der Waals surface area (Å²) in [6.07, 6.45) is 1.21. The number of rotatable bonds is 0. The van der Waals surface area contributed by atoms with E-state index in [0.717, 1.165) is 11.3 Å². The molecule has 3 nitrogen and oxygen atoms in total. The molecule has 0 aliphatic heterocycles. The van der Waals surface area contributed by atoms with E-state index in [0.29, 0.717) is 5.82 Å². The third-order valence-electron chi connectivity index (χ3n) is 0.615. The normalized spacial score (nSPS) is 9.00. The quantitative estimate of drug-likeness (QED) is 0.538. The predicted octanol–water partition coefficient (Wildman–Crippen LogP) is 0.0855. The molecule has 0 aromatic carbocycles. The maximum atomic E-state index is 10.3. The summed E-state index contributed by atoms with van der Waals surface area (Å²) in [5, 5.41) is 1.52. The molecule has 0 spiro atoms. The Bertz CT molecular complexity index is 211. The Kier molecular flexibility index (Phi) is 1.26. The summed E-state index contributed by atoms with van der Waals surface area (Å²) < 4.78 is -0.0702. The van der Waals surface area contributed by atoms with Crippen LogP contribution in [0.5, 0.6) is 0 Å². The first kappa shape index (κ1) is 5.24. The highest BCUT2D eigenvalue weighted by molar-refractivity contribution is 7.07. The molecule has 0 radical (unpaired) electrons. The van der Waals surface area contributed by atoms with Crippen molar-refractivity contribution in [3.8, 4) is 0 Å². The molecule has 0 aliphatic carbocycles. The zero-order valence-electron chi connectivity index (χ0n) is 4.00. The molecule has 1 aromatic heterocycles. The summed E-state index contributed by atoms with van der Waals surface area (Å²) in [5.41, 5.74) is 5.19. The lowest BCUT2D eigenvalue weighted by Crippen LogP contribution is -1.95. The Hall–Kier alpha value is -0.900. The van der Waals surface area contributed by atoms with Crippen molar-refractivity contribution >= 4 is 17.2 Å². The van der Waals surface area contributed by atoms with E-state index in [2.05, 4.69) is 4.98 Å². The van der Waals surface area contributed by atoms with Gasteiger partial charge in [-0.15, -0.1) is 0 Å². The first-order valence-electron chi connectivity index (χ1n) is 1.99. The van der Waals surface area contributed by atoms with Crippen molar-refractivity contribution in [3.05, 3.63) is 21.1 Å². The molecule has 2 N–H and O–H groups in total. The topological polar surface area (TPSA) is 56.0 Å². The number of nitrogen functional groups attached to an aromatic ring is 1. The summed E-state index contributed by atoms with van der Waals surface area (Å²) in [6.45, 7) is 0. The lowest BCUT2D eigenvalue weighted by atomic mass is 10.8. The summed E-state index contributed by atoms with van der Waals surface area (Å²) in [4.78, 5) is 13.9. The highest BCUT2D eigenvalue weighted by Gasteiger charge is 1.82. The van der Waals surface area contributed by atoms with E-state index in [1.54, 1.807) is 0 Å². The van der Waals surface area contributed by atoms with Crippen LogP contribution in [0, 0.1) is 0 Å². The maximum absolute atomic E-state index is 10.3. The zero-order chi connectivity index (χ0) is 5.98. The molecule has 4 heteroatoms. The average molecular weight is 128 g/mol. The standard InChI is InChI=1S/C4H4N2OS/c5-3-2-8-4(7)1-6-3/h1-2H,5H2. The lowest BCUT2D eigenvalue weighted by Gasteiger charge is -1.81. The van der Waals surface area contributed by atoms with Gasteiger partial charge < -0.3 is 5.73 Å². The first-order valence-corrected chi connectivity index (χ1v) is 2.87. The van der Waals surface area contributed by atoms with Gasteiger partial charge in [0, 0.05) is 5.38 Å². The molecule has 0 atom stereocenters. The molecule has 1 rings (SSSR count). The average Bonchev–Trinajstić information content (AvgIpc) is 1.77. The fraction of sp³-hybridized carbons (Fsp3) is 0. The molecule has 8 heavy (non-hydrogen) atoms. The van der Waals surface area contributed by atoms with Crippen LogP contribution in [-0.2, 0) is 0 Å². The molecule has 0 bridgehead atoms. The van der Waals surface area contributed by atoms with E-state index >= 15 is 0 Å². The van der Waals surface area contributed by atoms with Crippen molar-refractivity contribution in [1.29, 1.82) is 0 Å². The Morgan fingerprint density at radius 2 is 2.50 bits per heavy atom. The van der Waals surface area contributed by atoms with Crippen LogP contribution in [0.1, 0.15) is 0 Å². The number of hydrogen-bond acceptors (Lipinski definition) is 4. The second-order valence-electron chi connectivity index (χ2n) is 1.24. The van der Waals surface area contributed by atoms with Crippen molar-refractivity contribution in [2.24, 2.45) is 0 Å². The van der Waals surface area contributed by atoms with Gasteiger partial charge in [0.2, 0.25) is 0 Å². The second kappa shape index (κ2) is 1.92. The van der Waals surface area contributed by atoms with Gasteiger partial charge in [-0.3, -0.25) is 4.79 Å². The highest BCUT2D eigenvalue weighted by atomic mass is 32.1. The molecule has 0 unspecified atom stereocenters. The van der Waals surface area contributed by atoms with Gasteiger partial charge in [-0.05, 0) is 0 Å². The minimum atomic E-state index is -0.0702. The molecule has 0 fully saturated rings. The fourth-order valence-electron chi connectivity index (χ4n) is 0.307. The molecule has 0 amide bonds. The van der Waals surface area contributed by atoms with Crippen LogP contribution in [0.15, 0.2) is 16.4 Å². The van der Waals surface area contributed by atoms with E-state index in [-0.39, 0.29) is 4.74 Å². The second-order valence-corrected chi connectivity index (χ2v) is 2.11. The van der Waals surface area contributed by atoms with Gasteiger partial charge in [-0.2, -0.15) is 0 Å². The van der Waals surface area contributed by atoms with Gasteiger partial charge in [-0.1, -0.05) is 11.3 Å². The van der Waals surface area contributed by atoms with Crippen LogP contribution in [0.3, 0.4) is 0 Å². The van der Waals surface area contributed by atoms with Gasteiger partial charge in [-0.25, -0.2) is 4.98 Å². The van der Waals surface area contributed by atoms with Crippen LogP contribution < -0.4 is 10.5 Å². The zero-order valence-corrected chi connectivity index (χ0v) is 4.81. The van der Waals surface area contributed by atoms with Crippen molar-refractivity contribution in [1.82, 2.24) is 4.98 Å². The molecule has 1 aromatic rings. The van der Waals surface area contributed by atoms with Crippen molar-refractivity contribution < 1.29 is 0 Å². The number of anilines is 1. The van der Waals surface area contributed by atoms with E-state index in [9.17, 15) is 4.79 Å². The van der Waals surface area contributed by atoms with Gasteiger partial charge in [0.25, 0.3) is 4.74 Å². The van der Waals surface area contributed by atoms with E-state index in [4.69, 9.17) is 5.73 Å². The lowest BCUT2D eigenvalue weighted by molar-refractivity contribution is 1.35. The summed E-state index contributed by atoms with van der Waals surface area (Å²) in [7, 11) is 0. The Morgan fingerprint density at radius 1 is 1.75 bits per heavy atom. The monoisotopic (exact) mass is 128 g/mol. The van der Waals surface area contributed by atoms with Crippen LogP contribution >= 0.6 is 11.3 Å². The maximum Gasteiger partial charge on any atom is 0.250 e. The smallest absolute Gasteiger partial charge is 0.250 e. The van der Waals surface area contributed by atoms with E-state index < -0.39 is 0 Å². The van der Waals surface area contributed by atoms with Crippen LogP contribution in [-0.4, -0.2) is 4.98 Å². The van der Waals surface area contributed by atoms with Gasteiger partial charge in [0.05, 0.1) is 6.20 Å². The predicted molar refractivity (Wildman–Crippen MR) is 32.8 cm³/mol. The SMILES string of the molecule is Nc1csc(=O)cn1. The summed E-state index contributed by atoms with van der Waals surface area (Å²) in [6, 6.07) is 0. The number of nitrogens with two attached hydrogens (primary N) is 1. The summed E-state index contributed by atoms with van der Waals surface area (Å²) in [5.74, 6) is 0.398. The molecular weight excluding hydrogens is 124 g/mol. The van der Waals surface area contributed by atoms with Gasteiger partial charge in [0.1, 0.15) is 5.82 Å². The van der Waals surface area contributed by atoms with Crippen molar-refractivity contribution in [2.45, 2.75) is 0 Å². The molecule has 0 aliphatic rings. The molecule has 1 heterocycles. The van der Waals surface area contributed by atoms with Gasteiger partial charge >= 0.3 is 0 Å².